The van der Waals surface area contributed by atoms with Crippen LogP contribution in [0.3, 0.4) is 0 Å². The van der Waals surface area contributed by atoms with Crippen molar-refractivity contribution in [3.05, 3.63) is 11.8 Å². The van der Waals surface area contributed by atoms with Crippen LogP contribution >= 0.6 is 0 Å². The second kappa shape index (κ2) is 3.60. The number of esters is 1. The summed E-state index contributed by atoms with van der Waals surface area (Å²) in [5, 5.41) is 2.83. The van der Waals surface area contributed by atoms with Crippen molar-refractivity contribution in [1.82, 2.24) is 5.32 Å². The topological polar surface area (TPSA) is 50.7 Å². The fourth-order valence-electron chi connectivity index (χ4n) is 0.843. The molecule has 0 radical (unpaired) electrons. The summed E-state index contributed by atoms with van der Waals surface area (Å²) in [5.41, 5.74) is 0.0127. The number of aliphatic imine (C=N–C) groups is 1. The molecule has 13 heavy (non-hydrogen) atoms. The van der Waals surface area contributed by atoms with Gasteiger partial charge in [-0.25, -0.2) is 4.79 Å². The van der Waals surface area contributed by atoms with E-state index in [1.54, 1.807) is 12.3 Å². The van der Waals surface area contributed by atoms with Crippen LogP contribution in [0.1, 0.15) is 20.8 Å². The molecular formula is C9H14N2O2. The van der Waals surface area contributed by atoms with Crippen LogP contribution in [-0.4, -0.2) is 24.5 Å². The molecule has 0 atom stereocenters. The van der Waals surface area contributed by atoms with Gasteiger partial charge in [-0.3, -0.25) is 4.99 Å². The number of rotatable bonds is 1. The van der Waals surface area contributed by atoms with Crippen LogP contribution in [0.4, 0.5) is 0 Å². The molecule has 0 aromatic rings. The summed E-state index contributed by atoms with van der Waals surface area (Å²) in [6, 6.07) is 0. The van der Waals surface area contributed by atoms with E-state index in [9.17, 15) is 4.79 Å². The van der Waals surface area contributed by atoms with E-state index in [-0.39, 0.29) is 5.97 Å². The van der Waals surface area contributed by atoms with Crippen molar-refractivity contribution in [2.75, 3.05) is 6.67 Å². The minimum absolute atomic E-state index is 0.335. The molecule has 0 aliphatic carbocycles. The molecule has 1 rings (SSSR count). The molecule has 0 aromatic carbocycles. The Morgan fingerprint density at radius 3 is 2.77 bits per heavy atom. The van der Waals surface area contributed by atoms with E-state index in [0.29, 0.717) is 12.4 Å². The second-order valence-corrected chi connectivity index (χ2v) is 3.75. The Kier molecular flexibility index (Phi) is 2.70. The number of hydrogen-bond donors (Lipinski definition) is 1. The van der Waals surface area contributed by atoms with Gasteiger partial charge in [0, 0.05) is 6.21 Å². The van der Waals surface area contributed by atoms with Crippen molar-refractivity contribution in [1.29, 1.82) is 0 Å². The van der Waals surface area contributed by atoms with Crippen molar-refractivity contribution in [3.63, 3.8) is 0 Å². The van der Waals surface area contributed by atoms with Crippen molar-refractivity contribution in [3.8, 4) is 0 Å². The monoisotopic (exact) mass is 182 g/mol. The quantitative estimate of drug-likeness (QED) is 0.611. The van der Waals surface area contributed by atoms with Gasteiger partial charge < -0.3 is 10.1 Å². The molecule has 0 unspecified atom stereocenters. The average Bonchev–Trinajstić information content (AvgIpc) is 2.03. The van der Waals surface area contributed by atoms with Crippen LogP contribution in [0.5, 0.6) is 0 Å². The number of allylic oxidation sites excluding steroid dienone is 1. The lowest BCUT2D eigenvalue weighted by atomic mass is 10.2. The molecule has 0 saturated heterocycles. The molecule has 0 saturated carbocycles. The molecule has 0 aromatic heterocycles. The van der Waals surface area contributed by atoms with Crippen LogP contribution in [0.15, 0.2) is 16.8 Å². The summed E-state index contributed by atoms with van der Waals surface area (Å²) in [6.07, 6.45) is 3.20. The first-order valence-electron chi connectivity index (χ1n) is 4.16. The highest BCUT2D eigenvalue weighted by molar-refractivity contribution is 5.93. The lowest BCUT2D eigenvalue weighted by Crippen LogP contribution is -2.31. The molecule has 0 bridgehead atoms. The Morgan fingerprint density at radius 2 is 2.31 bits per heavy atom. The molecule has 1 N–H and O–H groups in total. The summed E-state index contributed by atoms with van der Waals surface area (Å²) in [4.78, 5) is 15.3. The van der Waals surface area contributed by atoms with Gasteiger partial charge in [0.1, 0.15) is 18.0 Å². The maximum atomic E-state index is 11.4. The molecule has 0 fully saturated rings. The van der Waals surface area contributed by atoms with Crippen LogP contribution in [0.25, 0.3) is 0 Å². The maximum Gasteiger partial charge on any atom is 0.355 e. The summed E-state index contributed by atoms with van der Waals surface area (Å²) in [5.74, 6) is -0.335. The lowest BCUT2D eigenvalue weighted by molar-refractivity contribution is -0.150. The highest BCUT2D eigenvalue weighted by Crippen LogP contribution is 2.09. The standard InChI is InChI=1S/C9H14N2O2/c1-9(2,3)13-8(12)7-4-5-10-6-11-7/h4-5,11H,6H2,1-3H3. The zero-order valence-corrected chi connectivity index (χ0v) is 8.13. The van der Waals surface area contributed by atoms with E-state index < -0.39 is 5.60 Å². The minimum Gasteiger partial charge on any atom is -0.455 e. The van der Waals surface area contributed by atoms with Gasteiger partial charge in [-0.05, 0) is 26.8 Å². The molecule has 4 heteroatoms. The number of ether oxygens (including phenoxy) is 1. The number of carbonyl (C=O) groups excluding carboxylic acids is 1. The number of nitrogens with one attached hydrogen (secondary N) is 1. The normalized spacial score (nSPS) is 16.1. The molecule has 1 heterocycles. The van der Waals surface area contributed by atoms with Gasteiger partial charge in [0.15, 0.2) is 0 Å². The largest absolute Gasteiger partial charge is 0.455 e. The average molecular weight is 182 g/mol. The highest BCUT2D eigenvalue weighted by Gasteiger charge is 2.19. The van der Waals surface area contributed by atoms with Gasteiger partial charge >= 0.3 is 5.97 Å². The van der Waals surface area contributed by atoms with E-state index in [2.05, 4.69) is 10.3 Å². The van der Waals surface area contributed by atoms with Gasteiger partial charge in [0.05, 0.1) is 0 Å². The number of hydrogen-bond acceptors (Lipinski definition) is 4. The van der Waals surface area contributed by atoms with E-state index in [0.717, 1.165) is 0 Å². The van der Waals surface area contributed by atoms with Gasteiger partial charge in [0.25, 0.3) is 0 Å². The molecule has 4 nitrogen and oxygen atoms in total. The Labute approximate surface area is 77.7 Å². The Balaban J connectivity index is 2.58. The summed E-state index contributed by atoms with van der Waals surface area (Å²) >= 11 is 0. The van der Waals surface area contributed by atoms with E-state index >= 15 is 0 Å². The smallest absolute Gasteiger partial charge is 0.355 e. The Bertz CT molecular complexity index is 261. The van der Waals surface area contributed by atoms with Gasteiger partial charge in [0.2, 0.25) is 0 Å². The number of nitrogens with zero attached hydrogens (tertiary/aromatic N) is 1. The zero-order valence-electron chi connectivity index (χ0n) is 8.13. The van der Waals surface area contributed by atoms with Gasteiger partial charge in [-0.2, -0.15) is 0 Å². The van der Waals surface area contributed by atoms with Crippen LogP contribution in [0.2, 0.25) is 0 Å². The summed E-state index contributed by atoms with van der Waals surface area (Å²) in [6.45, 7) is 5.94. The van der Waals surface area contributed by atoms with Crippen molar-refractivity contribution >= 4 is 12.2 Å². The molecule has 72 valence electrons. The fraction of sp³-hybridized carbons (Fsp3) is 0.556. The first-order chi connectivity index (χ1) is 5.99. The first kappa shape index (κ1) is 9.77. The molecule has 1 aliphatic rings. The third-order valence-electron chi connectivity index (χ3n) is 1.33. The molecular weight excluding hydrogens is 168 g/mol. The third kappa shape index (κ3) is 3.27. The fourth-order valence-corrected chi connectivity index (χ4v) is 0.843. The van der Waals surface area contributed by atoms with Crippen LogP contribution < -0.4 is 5.32 Å². The SMILES string of the molecule is CC(C)(C)OC(=O)C1=CC=NCN1. The number of carbonyl (C=O) groups is 1. The second-order valence-electron chi connectivity index (χ2n) is 3.75. The van der Waals surface area contributed by atoms with Gasteiger partial charge in [-0.15, -0.1) is 0 Å². The van der Waals surface area contributed by atoms with Gasteiger partial charge in [-0.1, -0.05) is 0 Å². The summed E-state index contributed by atoms with van der Waals surface area (Å²) < 4.78 is 5.15. The van der Waals surface area contributed by atoms with E-state index in [1.165, 1.54) is 0 Å². The predicted octanol–water partition coefficient (Wildman–Crippen LogP) is 0.843. The predicted molar refractivity (Wildman–Crippen MR) is 50.4 cm³/mol. The van der Waals surface area contributed by atoms with Crippen molar-refractivity contribution in [2.45, 2.75) is 26.4 Å². The highest BCUT2D eigenvalue weighted by atomic mass is 16.6. The van der Waals surface area contributed by atoms with Crippen molar-refractivity contribution < 1.29 is 9.53 Å². The van der Waals surface area contributed by atoms with E-state index in [4.69, 9.17) is 4.74 Å². The van der Waals surface area contributed by atoms with E-state index in [1.807, 2.05) is 20.8 Å². The Hall–Kier alpha value is -1.32. The lowest BCUT2D eigenvalue weighted by Gasteiger charge is -2.21. The van der Waals surface area contributed by atoms with Crippen LogP contribution in [-0.2, 0) is 9.53 Å². The molecule has 0 spiro atoms. The molecule has 0 amide bonds. The van der Waals surface area contributed by atoms with Crippen molar-refractivity contribution in [2.24, 2.45) is 4.99 Å². The summed E-state index contributed by atoms with van der Waals surface area (Å²) in [7, 11) is 0. The van der Waals surface area contributed by atoms with Crippen LogP contribution in [0, 0.1) is 0 Å². The maximum absolute atomic E-state index is 11.4. The zero-order chi connectivity index (χ0) is 9.90. The Morgan fingerprint density at radius 1 is 1.62 bits per heavy atom. The minimum atomic E-state index is -0.450. The first-order valence-corrected chi connectivity index (χ1v) is 4.16. The molecule has 1 aliphatic heterocycles. The third-order valence-corrected chi connectivity index (χ3v) is 1.33.